The molecule has 2 aromatic rings. The number of rotatable bonds is 7. The first-order valence-corrected chi connectivity index (χ1v) is 8.89. The summed E-state index contributed by atoms with van der Waals surface area (Å²) in [5.41, 5.74) is 2.09. The van der Waals surface area contributed by atoms with Gasteiger partial charge >= 0.3 is 0 Å². The van der Waals surface area contributed by atoms with E-state index < -0.39 is 0 Å². The van der Waals surface area contributed by atoms with E-state index in [0.29, 0.717) is 19.6 Å². The molecule has 3 N–H and O–H groups in total. The van der Waals surface area contributed by atoms with E-state index >= 15 is 0 Å². The molecule has 0 radical (unpaired) electrons. The van der Waals surface area contributed by atoms with Gasteiger partial charge in [-0.15, -0.1) is 24.0 Å². The molecular weight excluding hydrogens is 443 g/mol. The van der Waals surface area contributed by atoms with Gasteiger partial charge in [-0.3, -0.25) is 4.79 Å². The van der Waals surface area contributed by atoms with Crippen LogP contribution in [0.2, 0.25) is 0 Å². The van der Waals surface area contributed by atoms with E-state index in [0.717, 1.165) is 42.2 Å². The zero-order valence-electron chi connectivity index (χ0n) is 15.3. The van der Waals surface area contributed by atoms with Crippen molar-refractivity contribution in [2.75, 3.05) is 19.6 Å². The van der Waals surface area contributed by atoms with Gasteiger partial charge in [-0.1, -0.05) is 12.1 Å². The standard InChI is InChI=1S/C18H26N6O.HI/c1-3-19-18(21-11-10-20-17(25)13-8-9-13)22-12-16-23-14-6-4-5-7-15(14)24(16)2;/h4-7,13H,3,8-12H2,1-2H3,(H,20,25)(H2,19,21,22);1H. The Hall–Kier alpha value is -1.84. The lowest BCUT2D eigenvalue weighted by Gasteiger charge is -2.11. The maximum Gasteiger partial charge on any atom is 0.223 e. The molecule has 26 heavy (non-hydrogen) atoms. The molecule has 1 aliphatic carbocycles. The second-order valence-corrected chi connectivity index (χ2v) is 6.26. The molecule has 0 unspecified atom stereocenters. The number of hydrogen-bond donors (Lipinski definition) is 3. The van der Waals surface area contributed by atoms with Gasteiger partial charge in [-0.25, -0.2) is 9.98 Å². The quantitative estimate of drug-likeness (QED) is 0.249. The highest BCUT2D eigenvalue weighted by atomic mass is 127. The normalized spacial score (nSPS) is 14.0. The number of imidazole rings is 1. The second-order valence-electron chi connectivity index (χ2n) is 6.26. The minimum atomic E-state index is 0. The lowest BCUT2D eigenvalue weighted by atomic mass is 10.3. The summed E-state index contributed by atoms with van der Waals surface area (Å²) in [5, 5.41) is 9.41. The van der Waals surface area contributed by atoms with E-state index in [1.54, 1.807) is 0 Å². The first kappa shape index (κ1) is 20.5. The molecule has 1 heterocycles. The van der Waals surface area contributed by atoms with E-state index in [4.69, 9.17) is 0 Å². The molecule has 1 fully saturated rings. The largest absolute Gasteiger partial charge is 0.357 e. The van der Waals surface area contributed by atoms with Gasteiger partial charge in [0.25, 0.3) is 0 Å². The maximum atomic E-state index is 11.6. The third-order valence-corrected chi connectivity index (χ3v) is 4.27. The van der Waals surface area contributed by atoms with E-state index in [1.807, 2.05) is 32.2 Å². The molecule has 8 heteroatoms. The predicted octanol–water partition coefficient (Wildman–Crippen LogP) is 1.77. The number of guanidine groups is 1. The van der Waals surface area contributed by atoms with Crippen LogP contribution in [0, 0.1) is 5.92 Å². The van der Waals surface area contributed by atoms with Crippen molar-refractivity contribution in [3.8, 4) is 0 Å². The highest BCUT2D eigenvalue weighted by molar-refractivity contribution is 14.0. The van der Waals surface area contributed by atoms with E-state index in [2.05, 4.69) is 36.6 Å². The van der Waals surface area contributed by atoms with Crippen LogP contribution >= 0.6 is 24.0 Å². The Morgan fingerprint density at radius 1 is 1.23 bits per heavy atom. The van der Waals surface area contributed by atoms with Crippen molar-refractivity contribution >= 4 is 46.9 Å². The summed E-state index contributed by atoms with van der Waals surface area (Å²) in [6, 6.07) is 8.07. The molecule has 3 rings (SSSR count). The first-order chi connectivity index (χ1) is 12.2. The zero-order valence-corrected chi connectivity index (χ0v) is 17.6. The lowest BCUT2D eigenvalue weighted by molar-refractivity contribution is -0.122. The van der Waals surface area contributed by atoms with E-state index in [9.17, 15) is 4.79 Å². The average Bonchev–Trinajstić information content (AvgIpc) is 3.42. The van der Waals surface area contributed by atoms with Crippen molar-refractivity contribution in [3.05, 3.63) is 30.1 Å². The molecule has 1 aliphatic rings. The number of nitrogens with zero attached hydrogens (tertiary/aromatic N) is 3. The summed E-state index contributed by atoms with van der Waals surface area (Å²) in [7, 11) is 2.01. The molecule has 0 saturated heterocycles. The average molecular weight is 470 g/mol. The lowest BCUT2D eigenvalue weighted by Crippen LogP contribution is -2.41. The molecule has 1 amide bonds. The molecule has 0 bridgehead atoms. The number of aryl methyl sites for hydroxylation is 1. The van der Waals surface area contributed by atoms with Gasteiger partial charge in [-0.2, -0.15) is 0 Å². The van der Waals surface area contributed by atoms with Crippen LogP contribution in [-0.4, -0.2) is 41.1 Å². The Bertz CT molecular complexity index is 768. The van der Waals surface area contributed by atoms with Gasteiger partial charge in [-0.05, 0) is 31.9 Å². The van der Waals surface area contributed by atoms with Crippen molar-refractivity contribution in [1.29, 1.82) is 0 Å². The molecule has 7 nitrogen and oxygen atoms in total. The van der Waals surface area contributed by atoms with Gasteiger partial charge in [0.1, 0.15) is 12.4 Å². The van der Waals surface area contributed by atoms with Crippen LogP contribution < -0.4 is 16.0 Å². The zero-order chi connectivity index (χ0) is 17.6. The van der Waals surface area contributed by atoms with Gasteiger partial charge in [0.05, 0.1) is 11.0 Å². The molecular formula is C18H27IN6O. The fraction of sp³-hybridized carbons (Fsp3) is 0.500. The number of nitrogens with one attached hydrogen (secondary N) is 3. The molecule has 0 spiro atoms. The number of carbonyl (C=O) groups is 1. The van der Waals surface area contributed by atoms with Crippen LogP contribution in [-0.2, 0) is 18.4 Å². The topological polar surface area (TPSA) is 83.3 Å². The van der Waals surface area contributed by atoms with Crippen LogP contribution in [0.3, 0.4) is 0 Å². The van der Waals surface area contributed by atoms with Crippen molar-refractivity contribution in [1.82, 2.24) is 25.5 Å². The fourth-order valence-corrected chi connectivity index (χ4v) is 2.68. The molecule has 0 atom stereocenters. The van der Waals surface area contributed by atoms with Crippen molar-refractivity contribution in [3.63, 3.8) is 0 Å². The highest BCUT2D eigenvalue weighted by Crippen LogP contribution is 2.28. The number of hydrogen-bond acceptors (Lipinski definition) is 3. The molecule has 1 saturated carbocycles. The van der Waals surface area contributed by atoms with Crippen molar-refractivity contribution < 1.29 is 4.79 Å². The highest BCUT2D eigenvalue weighted by Gasteiger charge is 2.28. The minimum absolute atomic E-state index is 0. The Morgan fingerprint density at radius 3 is 2.65 bits per heavy atom. The smallest absolute Gasteiger partial charge is 0.223 e. The number of para-hydroxylation sites is 2. The predicted molar refractivity (Wildman–Crippen MR) is 115 cm³/mol. The van der Waals surface area contributed by atoms with E-state index in [-0.39, 0.29) is 35.8 Å². The monoisotopic (exact) mass is 470 g/mol. The summed E-state index contributed by atoms with van der Waals surface area (Å²) in [6.45, 7) is 4.55. The number of aliphatic imine (C=N–C) groups is 1. The van der Waals surface area contributed by atoms with Crippen LogP contribution in [0.5, 0.6) is 0 Å². The summed E-state index contributed by atoms with van der Waals surface area (Å²) in [4.78, 5) is 20.8. The van der Waals surface area contributed by atoms with Crippen LogP contribution in [0.1, 0.15) is 25.6 Å². The van der Waals surface area contributed by atoms with Crippen molar-refractivity contribution in [2.45, 2.75) is 26.3 Å². The Morgan fingerprint density at radius 2 is 1.96 bits per heavy atom. The van der Waals surface area contributed by atoms with E-state index in [1.165, 1.54) is 0 Å². The minimum Gasteiger partial charge on any atom is -0.357 e. The summed E-state index contributed by atoms with van der Waals surface area (Å²) < 4.78 is 2.07. The van der Waals surface area contributed by atoms with Gasteiger partial charge in [0.15, 0.2) is 5.96 Å². The summed E-state index contributed by atoms with van der Waals surface area (Å²) >= 11 is 0. The maximum absolute atomic E-state index is 11.6. The van der Waals surface area contributed by atoms with Gasteiger partial charge in [0, 0.05) is 32.6 Å². The number of aromatic nitrogens is 2. The van der Waals surface area contributed by atoms with Crippen LogP contribution in [0.4, 0.5) is 0 Å². The Labute approximate surface area is 171 Å². The Balaban J connectivity index is 0.00000243. The molecule has 1 aromatic heterocycles. The van der Waals surface area contributed by atoms with Crippen molar-refractivity contribution in [2.24, 2.45) is 18.0 Å². The number of amides is 1. The number of fused-ring (bicyclic) bond motifs is 1. The SMILES string of the molecule is CCNC(=NCc1nc2ccccc2n1C)NCCNC(=O)C1CC1.I. The van der Waals surface area contributed by atoms with Crippen LogP contribution in [0.25, 0.3) is 11.0 Å². The summed E-state index contributed by atoms with van der Waals surface area (Å²) in [5.74, 6) is 2.07. The molecule has 142 valence electrons. The van der Waals surface area contributed by atoms with Gasteiger partial charge < -0.3 is 20.5 Å². The number of benzene rings is 1. The Kier molecular flexibility index (Phi) is 7.67. The summed E-state index contributed by atoms with van der Waals surface area (Å²) in [6.07, 6.45) is 2.06. The first-order valence-electron chi connectivity index (χ1n) is 8.89. The van der Waals surface area contributed by atoms with Gasteiger partial charge in [0.2, 0.25) is 5.91 Å². The second kappa shape index (κ2) is 9.75. The third-order valence-electron chi connectivity index (χ3n) is 4.27. The molecule has 1 aromatic carbocycles. The number of carbonyl (C=O) groups excluding carboxylic acids is 1. The third kappa shape index (κ3) is 5.33. The molecule has 0 aliphatic heterocycles. The van der Waals surface area contributed by atoms with Crippen LogP contribution in [0.15, 0.2) is 29.3 Å². The fourth-order valence-electron chi connectivity index (χ4n) is 2.68. The number of halogens is 1.